The normalized spacial score (nSPS) is 18.3. The maximum Gasteiger partial charge on any atom is 0.292 e. The first-order valence-corrected chi connectivity index (χ1v) is 17.8. The van der Waals surface area contributed by atoms with E-state index in [1.54, 1.807) is 0 Å². The molecule has 3 heterocycles. The second kappa shape index (κ2) is 23.6. The second-order valence-corrected chi connectivity index (χ2v) is 12.2. The van der Waals surface area contributed by atoms with Crippen LogP contribution >= 0.6 is 11.6 Å². The molecule has 0 aliphatic carbocycles. The first kappa shape index (κ1) is 42.3. The van der Waals surface area contributed by atoms with Crippen LogP contribution in [0, 0.1) is 6.92 Å². The number of nitrogens with one attached hydrogen (secondary N) is 2. The Bertz CT molecular complexity index is 1190. The number of aromatic nitrogens is 2. The molecule has 0 spiro atoms. The molecular formula is C32H56ClN9O4S. The maximum absolute atomic E-state index is 10.9. The number of rotatable bonds is 12. The van der Waals surface area contributed by atoms with Crippen LogP contribution in [0.4, 0.5) is 11.6 Å². The molecule has 47 heavy (non-hydrogen) atoms. The van der Waals surface area contributed by atoms with Gasteiger partial charge in [0.05, 0.1) is 12.8 Å². The van der Waals surface area contributed by atoms with Gasteiger partial charge in [-0.3, -0.25) is 14.6 Å². The van der Waals surface area contributed by atoms with Crippen molar-refractivity contribution in [2.75, 3.05) is 63.6 Å². The molecule has 3 atom stereocenters. The fourth-order valence-corrected chi connectivity index (χ4v) is 6.36. The molecule has 6 N–H and O–H groups in total. The predicted molar refractivity (Wildman–Crippen MR) is 192 cm³/mol. The van der Waals surface area contributed by atoms with Crippen LogP contribution in [0.25, 0.3) is 0 Å². The molecule has 2 fully saturated rings. The Morgan fingerprint density at radius 2 is 1.74 bits per heavy atom. The summed E-state index contributed by atoms with van der Waals surface area (Å²) in [5.41, 5.74) is 9.58. The quantitative estimate of drug-likeness (QED) is 0.190. The van der Waals surface area contributed by atoms with Crippen LogP contribution in [0.3, 0.4) is 0 Å². The highest BCUT2D eigenvalue weighted by atomic mass is 35.5. The number of halogens is 1. The molecule has 1 aromatic heterocycles. The third kappa shape index (κ3) is 13.7. The molecule has 2 saturated heterocycles. The Morgan fingerprint density at radius 1 is 1.13 bits per heavy atom. The molecule has 266 valence electrons. The predicted octanol–water partition coefficient (Wildman–Crippen LogP) is 2.99. The number of likely N-dealkylation sites (tertiary alicyclic amines) is 1. The van der Waals surface area contributed by atoms with E-state index in [1.165, 1.54) is 31.1 Å². The summed E-state index contributed by atoms with van der Waals surface area (Å²) in [6.07, 6.45) is 3.46. The summed E-state index contributed by atoms with van der Waals surface area (Å²) in [5.74, 6) is 1.04. The van der Waals surface area contributed by atoms with Crippen molar-refractivity contribution in [1.82, 2.24) is 29.8 Å². The van der Waals surface area contributed by atoms with Crippen molar-refractivity contribution in [3.8, 4) is 0 Å². The van der Waals surface area contributed by atoms with Crippen LogP contribution < -0.4 is 25.8 Å². The van der Waals surface area contributed by atoms with Gasteiger partial charge >= 0.3 is 0 Å². The molecule has 2 aromatic rings. The number of nitrogens with two attached hydrogens (primary N) is 2. The van der Waals surface area contributed by atoms with E-state index in [-0.39, 0.29) is 0 Å². The fraction of sp³-hybridized carbons (Fsp3) is 0.625. The average Bonchev–Trinajstić information content (AvgIpc) is 3.11. The minimum absolute atomic E-state index is 0.375. The highest BCUT2D eigenvalue weighted by Crippen LogP contribution is 2.31. The standard InChI is InChI=1S/C27H44ClN9OS.C2H4O2.C2H6.CH2O/c1-4-22-18-36(27-25(28)33-24(26(29)34-27)17-31-11-12-32-39(30)38)15-16-37(22)23-9-13-35(14-10-23)20(3)21-7-5-19(2)6-8-21;1-4-2-3;2*1-2/h5-8,20,22-23,31-32H,4,9-18,30H2,1-3H3,(H2,29,34);2H,1H3;1-2H3;1H2. The van der Waals surface area contributed by atoms with Crippen LogP contribution in [-0.2, 0) is 32.0 Å². The summed E-state index contributed by atoms with van der Waals surface area (Å²) in [6, 6.07) is 10.5. The van der Waals surface area contributed by atoms with Crippen molar-refractivity contribution >= 4 is 47.7 Å². The number of piperidine rings is 1. The Balaban J connectivity index is 0.00000126. The number of ether oxygens (including phenoxy) is 1. The van der Waals surface area contributed by atoms with E-state index < -0.39 is 11.2 Å². The summed E-state index contributed by atoms with van der Waals surface area (Å²) in [5, 5.41) is 8.76. The molecule has 1 aromatic carbocycles. The van der Waals surface area contributed by atoms with Gasteiger partial charge in [-0.05, 0) is 38.7 Å². The van der Waals surface area contributed by atoms with Gasteiger partial charge in [-0.1, -0.05) is 62.2 Å². The molecule has 0 radical (unpaired) electrons. The summed E-state index contributed by atoms with van der Waals surface area (Å²) in [6.45, 7) is 19.5. The van der Waals surface area contributed by atoms with Gasteiger partial charge in [-0.2, -0.15) is 0 Å². The van der Waals surface area contributed by atoms with Gasteiger partial charge in [0.2, 0.25) is 0 Å². The first-order chi connectivity index (χ1) is 22.7. The van der Waals surface area contributed by atoms with Gasteiger partial charge in [0, 0.05) is 70.5 Å². The lowest BCUT2D eigenvalue weighted by molar-refractivity contribution is -0.126. The van der Waals surface area contributed by atoms with Gasteiger partial charge in [0.1, 0.15) is 12.6 Å². The highest BCUT2D eigenvalue weighted by Gasteiger charge is 2.35. The first-order valence-electron chi connectivity index (χ1n) is 16.2. The lowest BCUT2D eigenvalue weighted by Crippen LogP contribution is -2.58. The Kier molecular flexibility index (Phi) is 21.2. The molecule has 13 nitrogen and oxygen atoms in total. The molecule has 0 amide bonds. The molecule has 0 bridgehead atoms. The molecule has 4 rings (SSSR count). The van der Waals surface area contributed by atoms with Crippen LogP contribution in [0.1, 0.15) is 69.8 Å². The number of methoxy groups -OCH3 is 1. The van der Waals surface area contributed by atoms with Crippen LogP contribution in [0.15, 0.2) is 24.3 Å². The molecule has 0 saturated carbocycles. The Labute approximate surface area is 288 Å². The SMILES string of the molecule is C=O.CC.CCC1CN(c2nc(N)c(CNCCNS(N)=O)nc2Cl)CCN1C1CCN(C(C)c2ccc(C)cc2)CC1.COC=O. The summed E-state index contributed by atoms with van der Waals surface area (Å²) in [4.78, 5) is 33.7. The van der Waals surface area contributed by atoms with Gasteiger partial charge in [-0.15, -0.1) is 0 Å². The zero-order valence-corrected chi connectivity index (χ0v) is 30.5. The van der Waals surface area contributed by atoms with Crippen molar-refractivity contribution in [3.63, 3.8) is 0 Å². The maximum atomic E-state index is 10.9. The topological polar surface area (TPSA) is 172 Å². The van der Waals surface area contributed by atoms with Crippen LogP contribution in [0.2, 0.25) is 5.15 Å². The molecule has 2 aliphatic heterocycles. The van der Waals surface area contributed by atoms with E-state index in [0.717, 1.165) is 39.1 Å². The summed E-state index contributed by atoms with van der Waals surface area (Å²) < 4.78 is 17.4. The van der Waals surface area contributed by atoms with E-state index in [2.05, 4.69) is 84.5 Å². The number of carbonyl (C=O) groups is 2. The minimum Gasteiger partial charge on any atom is -0.471 e. The molecule has 3 unspecified atom stereocenters. The number of benzene rings is 1. The number of hydrogen-bond donors (Lipinski definition) is 4. The van der Waals surface area contributed by atoms with E-state index in [4.69, 9.17) is 32.1 Å². The zero-order chi connectivity index (χ0) is 35.4. The van der Waals surface area contributed by atoms with Gasteiger partial charge in [0.25, 0.3) is 6.47 Å². The lowest BCUT2D eigenvalue weighted by Gasteiger charge is -2.48. The van der Waals surface area contributed by atoms with E-state index >= 15 is 0 Å². The number of carbonyl (C=O) groups excluding carboxylic acids is 2. The third-order valence-electron chi connectivity index (χ3n) is 8.25. The highest BCUT2D eigenvalue weighted by molar-refractivity contribution is 7.80. The average molecular weight is 698 g/mol. The minimum atomic E-state index is -1.52. The van der Waals surface area contributed by atoms with Crippen molar-refractivity contribution in [2.45, 2.75) is 78.6 Å². The molecule has 2 aliphatic rings. The Hall–Kier alpha value is -2.72. The summed E-state index contributed by atoms with van der Waals surface area (Å²) in [7, 11) is 1.31. The van der Waals surface area contributed by atoms with Crippen LogP contribution in [-0.4, -0.2) is 102 Å². The number of aryl methyl sites for hydroxylation is 1. The number of anilines is 2. The molecule has 15 heteroatoms. The number of nitrogen functional groups attached to an aromatic ring is 1. The van der Waals surface area contributed by atoms with Crippen molar-refractivity contribution in [2.24, 2.45) is 5.14 Å². The van der Waals surface area contributed by atoms with E-state index in [0.29, 0.717) is 66.7 Å². The number of hydrogen-bond acceptors (Lipinski definition) is 11. The van der Waals surface area contributed by atoms with Gasteiger partial charge in [0.15, 0.2) is 22.1 Å². The van der Waals surface area contributed by atoms with Gasteiger partial charge < -0.3 is 25.5 Å². The van der Waals surface area contributed by atoms with Crippen molar-refractivity contribution < 1.29 is 18.5 Å². The van der Waals surface area contributed by atoms with E-state index in [1.807, 2.05) is 20.6 Å². The smallest absolute Gasteiger partial charge is 0.292 e. The van der Waals surface area contributed by atoms with Gasteiger partial charge in [-0.25, -0.2) is 24.0 Å². The summed E-state index contributed by atoms with van der Waals surface area (Å²) >= 11 is 5.09. The fourth-order valence-electron chi connectivity index (χ4n) is 5.80. The number of nitrogens with zero attached hydrogens (tertiary/aromatic N) is 5. The zero-order valence-electron chi connectivity index (χ0n) is 28.9. The van der Waals surface area contributed by atoms with Crippen LogP contribution in [0.5, 0.6) is 0 Å². The number of piperazine rings is 1. The van der Waals surface area contributed by atoms with Crippen molar-refractivity contribution in [1.29, 1.82) is 0 Å². The monoisotopic (exact) mass is 697 g/mol. The largest absolute Gasteiger partial charge is 0.471 e. The molecular weight excluding hydrogens is 642 g/mol. The Morgan fingerprint density at radius 3 is 2.30 bits per heavy atom. The van der Waals surface area contributed by atoms with Crippen molar-refractivity contribution in [3.05, 3.63) is 46.2 Å². The second-order valence-electron chi connectivity index (χ2n) is 11.0. The lowest BCUT2D eigenvalue weighted by atomic mass is 9.96. The van der Waals surface area contributed by atoms with E-state index in [9.17, 15) is 4.21 Å². The third-order valence-corrected chi connectivity index (χ3v) is 8.99.